The number of rotatable bonds is 7. The summed E-state index contributed by atoms with van der Waals surface area (Å²) in [5.74, 6) is -0.520. The fourth-order valence-electron chi connectivity index (χ4n) is 2.04. The third-order valence-electron chi connectivity index (χ3n) is 3.35. The predicted octanol–water partition coefficient (Wildman–Crippen LogP) is 2.65. The minimum Gasteiger partial charge on any atom is -0.357 e. The first kappa shape index (κ1) is 18.5. The number of halogens is 1. The summed E-state index contributed by atoms with van der Waals surface area (Å²) in [6.45, 7) is 3.99. The van der Waals surface area contributed by atoms with Gasteiger partial charge < -0.3 is 5.32 Å². The number of carbonyl (C=O) groups is 2. The quantitative estimate of drug-likeness (QED) is 0.598. The number of nitrogens with zero attached hydrogens (tertiary/aromatic N) is 1. The highest BCUT2D eigenvalue weighted by Crippen LogP contribution is 2.15. The molecule has 0 aliphatic heterocycles. The molecule has 2 amide bonds. The topological polar surface area (TPSA) is 69.6 Å². The molecule has 5 nitrogen and oxygen atoms in total. The lowest BCUT2D eigenvalue weighted by Gasteiger charge is -2.25. The number of amides is 2. The number of hydrogen-bond acceptors (Lipinski definition) is 3. The van der Waals surface area contributed by atoms with Gasteiger partial charge in [-0.2, -0.15) is 0 Å². The smallest absolute Gasteiger partial charge is 0.246 e. The van der Waals surface area contributed by atoms with Crippen LogP contribution in [0.1, 0.15) is 32.3 Å². The second kappa shape index (κ2) is 8.76. The summed E-state index contributed by atoms with van der Waals surface area (Å²) < 4.78 is 0. The van der Waals surface area contributed by atoms with Gasteiger partial charge in [0, 0.05) is 24.9 Å². The summed E-state index contributed by atoms with van der Waals surface area (Å²) in [6, 6.07) is 6.03. The average molecular weight is 327 g/mol. The molecule has 6 heteroatoms. The van der Waals surface area contributed by atoms with Gasteiger partial charge in [0.1, 0.15) is 6.04 Å². The van der Waals surface area contributed by atoms with Crippen molar-refractivity contribution in [3.8, 4) is 0 Å². The van der Waals surface area contributed by atoms with Crippen LogP contribution in [0.5, 0.6) is 0 Å². The van der Waals surface area contributed by atoms with E-state index in [1.54, 1.807) is 24.3 Å². The van der Waals surface area contributed by atoms with E-state index in [9.17, 15) is 14.8 Å². The van der Waals surface area contributed by atoms with Gasteiger partial charge in [-0.25, -0.2) is 5.06 Å². The van der Waals surface area contributed by atoms with Gasteiger partial charge in [0.2, 0.25) is 11.8 Å². The molecule has 1 atom stereocenters. The van der Waals surface area contributed by atoms with Gasteiger partial charge in [0.25, 0.3) is 0 Å². The summed E-state index contributed by atoms with van der Waals surface area (Å²) in [6.07, 6.45) is 1.06. The van der Waals surface area contributed by atoms with Crippen molar-refractivity contribution in [2.75, 3.05) is 7.05 Å². The Kier molecular flexibility index (Phi) is 7.35. The van der Waals surface area contributed by atoms with E-state index in [0.29, 0.717) is 22.4 Å². The van der Waals surface area contributed by atoms with Crippen LogP contribution < -0.4 is 5.32 Å². The second-order valence-electron chi connectivity index (χ2n) is 5.63. The highest BCUT2D eigenvalue weighted by molar-refractivity contribution is 6.30. The van der Waals surface area contributed by atoms with Crippen LogP contribution in [-0.4, -0.2) is 35.2 Å². The number of nitrogens with one attached hydrogen (secondary N) is 1. The lowest BCUT2D eigenvalue weighted by atomic mass is 10.0. The van der Waals surface area contributed by atoms with Crippen LogP contribution in [0.25, 0.3) is 0 Å². The van der Waals surface area contributed by atoms with Crippen molar-refractivity contribution in [1.82, 2.24) is 10.4 Å². The monoisotopic (exact) mass is 326 g/mol. The van der Waals surface area contributed by atoms with E-state index in [0.717, 1.165) is 5.56 Å². The SMILES string of the molecule is CNC(=O)[C@H](Cc1cccc(Cl)c1)N(O)C(=O)CCC(C)C. The third-order valence-corrected chi connectivity index (χ3v) is 3.59. The molecule has 0 heterocycles. The lowest BCUT2D eigenvalue weighted by Crippen LogP contribution is -2.48. The van der Waals surface area contributed by atoms with E-state index < -0.39 is 17.9 Å². The first-order valence-electron chi connectivity index (χ1n) is 7.32. The number of hydroxylamine groups is 2. The van der Waals surface area contributed by atoms with Crippen LogP contribution in [0.3, 0.4) is 0 Å². The Morgan fingerprint density at radius 2 is 2.05 bits per heavy atom. The molecule has 22 heavy (non-hydrogen) atoms. The van der Waals surface area contributed by atoms with Crippen LogP contribution >= 0.6 is 11.6 Å². The molecule has 1 rings (SSSR count). The summed E-state index contributed by atoms with van der Waals surface area (Å²) in [7, 11) is 1.47. The predicted molar refractivity (Wildman–Crippen MR) is 85.7 cm³/mol. The maximum absolute atomic E-state index is 12.0. The number of hydrogen-bond donors (Lipinski definition) is 2. The van der Waals surface area contributed by atoms with E-state index in [1.807, 2.05) is 13.8 Å². The lowest BCUT2D eigenvalue weighted by molar-refractivity contribution is -0.180. The van der Waals surface area contributed by atoms with Crippen LogP contribution in [0, 0.1) is 5.92 Å². The Morgan fingerprint density at radius 3 is 2.59 bits per heavy atom. The van der Waals surface area contributed by atoms with E-state index in [2.05, 4.69) is 5.32 Å². The fourth-order valence-corrected chi connectivity index (χ4v) is 2.26. The number of benzene rings is 1. The van der Waals surface area contributed by atoms with Gasteiger partial charge >= 0.3 is 0 Å². The molecule has 0 unspecified atom stereocenters. The Labute approximate surface area is 136 Å². The first-order chi connectivity index (χ1) is 10.3. The van der Waals surface area contributed by atoms with Crippen LogP contribution in [0.15, 0.2) is 24.3 Å². The highest BCUT2D eigenvalue weighted by Gasteiger charge is 2.28. The Bertz CT molecular complexity index is 520. The van der Waals surface area contributed by atoms with Gasteiger partial charge in [0.05, 0.1) is 0 Å². The zero-order valence-corrected chi connectivity index (χ0v) is 13.9. The molecule has 0 aromatic heterocycles. The van der Waals surface area contributed by atoms with Crippen LogP contribution in [0.4, 0.5) is 0 Å². The first-order valence-corrected chi connectivity index (χ1v) is 7.70. The fraction of sp³-hybridized carbons (Fsp3) is 0.500. The van der Waals surface area contributed by atoms with Gasteiger partial charge in [-0.3, -0.25) is 14.8 Å². The highest BCUT2D eigenvalue weighted by atomic mass is 35.5. The van der Waals surface area contributed by atoms with Crippen molar-refractivity contribution in [2.45, 2.75) is 39.2 Å². The van der Waals surface area contributed by atoms with Crippen LogP contribution in [-0.2, 0) is 16.0 Å². The normalized spacial score (nSPS) is 12.1. The van der Waals surface area contributed by atoms with Crippen molar-refractivity contribution < 1.29 is 14.8 Å². The maximum Gasteiger partial charge on any atom is 0.246 e. The molecular formula is C16H23ClN2O3. The molecule has 0 radical (unpaired) electrons. The molecular weight excluding hydrogens is 304 g/mol. The third kappa shape index (κ3) is 5.66. The molecule has 0 aliphatic rings. The summed E-state index contributed by atoms with van der Waals surface area (Å²) in [4.78, 5) is 24.0. The van der Waals surface area contributed by atoms with Crippen molar-refractivity contribution in [3.63, 3.8) is 0 Å². The largest absolute Gasteiger partial charge is 0.357 e. The summed E-state index contributed by atoms with van der Waals surface area (Å²) in [5, 5.41) is 13.7. The maximum atomic E-state index is 12.0. The van der Waals surface area contributed by atoms with E-state index >= 15 is 0 Å². The van der Waals surface area contributed by atoms with Gasteiger partial charge in [-0.1, -0.05) is 37.6 Å². The Morgan fingerprint density at radius 1 is 1.36 bits per heavy atom. The molecule has 0 bridgehead atoms. The Balaban J connectivity index is 2.83. The van der Waals surface area contributed by atoms with Gasteiger partial charge in [-0.05, 0) is 30.0 Å². The van der Waals surface area contributed by atoms with E-state index in [-0.39, 0.29) is 12.8 Å². The number of likely N-dealkylation sites (N-methyl/N-ethyl adjacent to an activating group) is 1. The van der Waals surface area contributed by atoms with Crippen LogP contribution in [0.2, 0.25) is 5.02 Å². The Hall–Kier alpha value is -1.59. The van der Waals surface area contributed by atoms with E-state index in [1.165, 1.54) is 7.05 Å². The molecule has 0 fully saturated rings. The molecule has 0 saturated heterocycles. The average Bonchev–Trinajstić information content (AvgIpc) is 2.48. The zero-order chi connectivity index (χ0) is 16.7. The zero-order valence-electron chi connectivity index (χ0n) is 13.2. The molecule has 122 valence electrons. The number of carbonyl (C=O) groups excluding carboxylic acids is 2. The van der Waals surface area contributed by atoms with Gasteiger partial charge in [-0.15, -0.1) is 0 Å². The standard InChI is InChI=1S/C16H23ClN2O3/c1-11(2)7-8-15(20)19(22)14(16(21)18-3)10-12-5-4-6-13(17)9-12/h4-6,9,11,14,22H,7-8,10H2,1-3H3,(H,18,21)/t14-/m0/s1. The van der Waals surface area contributed by atoms with Crippen molar-refractivity contribution in [1.29, 1.82) is 0 Å². The summed E-state index contributed by atoms with van der Waals surface area (Å²) in [5.41, 5.74) is 0.775. The molecule has 1 aromatic rings. The minimum atomic E-state index is -0.969. The minimum absolute atomic E-state index is 0.199. The van der Waals surface area contributed by atoms with Gasteiger partial charge in [0.15, 0.2) is 0 Å². The van der Waals surface area contributed by atoms with Crippen molar-refractivity contribution in [2.24, 2.45) is 5.92 Å². The molecule has 0 saturated carbocycles. The second-order valence-corrected chi connectivity index (χ2v) is 6.07. The molecule has 1 aromatic carbocycles. The summed E-state index contributed by atoms with van der Waals surface area (Å²) >= 11 is 5.92. The van der Waals surface area contributed by atoms with Crippen molar-refractivity contribution >= 4 is 23.4 Å². The molecule has 2 N–H and O–H groups in total. The molecule has 0 spiro atoms. The molecule has 0 aliphatic carbocycles. The van der Waals surface area contributed by atoms with E-state index in [4.69, 9.17) is 11.6 Å². The van der Waals surface area contributed by atoms with Crippen molar-refractivity contribution in [3.05, 3.63) is 34.9 Å².